The highest BCUT2D eigenvalue weighted by atomic mass is 79.9. The maximum atomic E-state index is 13.2. The number of carbonyl (C=O) groups excluding carboxylic acids is 1. The van der Waals surface area contributed by atoms with Gasteiger partial charge in [0.15, 0.2) is 11.6 Å². The summed E-state index contributed by atoms with van der Waals surface area (Å²) in [5.74, 6) is -2.16. The molecule has 0 saturated carbocycles. The van der Waals surface area contributed by atoms with Crippen molar-refractivity contribution in [3.05, 3.63) is 32.8 Å². The van der Waals surface area contributed by atoms with Crippen molar-refractivity contribution in [1.82, 2.24) is 0 Å². The second kappa shape index (κ2) is 5.23. The number of carbonyl (C=O) groups is 1. The van der Waals surface area contributed by atoms with Crippen LogP contribution in [0.25, 0.3) is 0 Å². The molecule has 0 aliphatic carbocycles. The van der Waals surface area contributed by atoms with E-state index in [0.717, 1.165) is 0 Å². The van der Waals surface area contributed by atoms with E-state index >= 15 is 0 Å². The average Bonchev–Trinajstić information content (AvgIpc) is 2.18. The van der Waals surface area contributed by atoms with Gasteiger partial charge in [-0.05, 0) is 45.6 Å². The van der Waals surface area contributed by atoms with Crippen LogP contribution in [-0.4, -0.2) is 5.24 Å². The fourth-order valence-electron chi connectivity index (χ4n) is 1.04. The zero-order valence-electron chi connectivity index (χ0n) is 7.29. The fraction of sp³-hybridized carbons (Fsp3) is 0.222. The summed E-state index contributed by atoms with van der Waals surface area (Å²) in [5.41, 5.74) is 0.410. The second-order valence-corrected chi connectivity index (χ2v) is 4.44. The van der Waals surface area contributed by atoms with Crippen LogP contribution >= 0.6 is 39.1 Å². The number of aryl methyl sites for hydroxylation is 1. The van der Waals surface area contributed by atoms with Crippen molar-refractivity contribution < 1.29 is 13.6 Å². The summed E-state index contributed by atoms with van der Waals surface area (Å²) in [4.78, 5) is 10.5. The molecule has 0 saturated heterocycles. The van der Waals surface area contributed by atoms with Gasteiger partial charge in [0.05, 0.1) is 9.50 Å². The smallest absolute Gasteiger partial charge is 0.221 e. The van der Waals surface area contributed by atoms with E-state index in [1.807, 2.05) is 0 Å². The van der Waals surface area contributed by atoms with E-state index in [9.17, 15) is 13.6 Å². The minimum atomic E-state index is -1.11. The minimum absolute atomic E-state index is 0.0256. The van der Waals surface area contributed by atoms with Gasteiger partial charge in [0.1, 0.15) is 0 Å². The van der Waals surface area contributed by atoms with E-state index in [1.165, 1.54) is 6.07 Å². The lowest BCUT2D eigenvalue weighted by atomic mass is 10.1. The Bertz CT molecular complexity index is 410. The summed E-state index contributed by atoms with van der Waals surface area (Å²) in [5, 5.41) is -0.851. The van der Waals surface area contributed by atoms with Gasteiger partial charge in [-0.1, -0.05) is 11.6 Å². The molecule has 0 aliphatic rings. The SMILES string of the molecule is O=C(Cl)CCc1cc(Cl)c(F)c(F)c1Br. The monoisotopic (exact) mass is 316 g/mol. The highest BCUT2D eigenvalue weighted by Gasteiger charge is 2.15. The first kappa shape index (κ1) is 12.9. The van der Waals surface area contributed by atoms with Crippen molar-refractivity contribution in [2.75, 3.05) is 0 Å². The summed E-state index contributed by atoms with van der Waals surface area (Å²) in [6, 6.07) is 1.27. The maximum Gasteiger partial charge on any atom is 0.221 e. The Kier molecular flexibility index (Phi) is 4.49. The van der Waals surface area contributed by atoms with Crippen LogP contribution in [0.1, 0.15) is 12.0 Å². The van der Waals surface area contributed by atoms with Crippen molar-refractivity contribution in [2.45, 2.75) is 12.8 Å². The molecule has 0 aromatic heterocycles. The van der Waals surface area contributed by atoms with Crippen molar-refractivity contribution in [2.24, 2.45) is 0 Å². The van der Waals surface area contributed by atoms with Crippen LogP contribution in [0.3, 0.4) is 0 Å². The molecule has 0 aliphatic heterocycles. The zero-order valence-corrected chi connectivity index (χ0v) is 10.4. The Hall–Kier alpha value is -0.190. The largest absolute Gasteiger partial charge is 0.281 e. The highest BCUT2D eigenvalue weighted by molar-refractivity contribution is 9.10. The number of hydrogen-bond acceptors (Lipinski definition) is 1. The van der Waals surface area contributed by atoms with Crippen LogP contribution in [0.15, 0.2) is 10.5 Å². The number of benzene rings is 1. The van der Waals surface area contributed by atoms with Crippen molar-refractivity contribution >= 4 is 44.4 Å². The van der Waals surface area contributed by atoms with Gasteiger partial charge in [0, 0.05) is 6.42 Å². The summed E-state index contributed by atoms with van der Waals surface area (Å²) >= 11 is 13.5. The van der Waals surface area contributed by atoms with E-state index in [0.29, 0.717) is 5.56 Å². The first-order valence-corrected chi connectivity index (χ1v) is 5.48. The molecule has 15 heavy (non-hydrogen) atoms. The summed E-state index contributed by atoms with van der Waals surface area (Å²) < 4.78 is 26.1. The standard InChI is InChI=1S/C9H5BrCl2F2O/c10-7-4(1-2-6(12)15)3-5(11)8(13)9(7)14/h3H,1-2H2. The van der Waals surface area contributed by atoms with Gasteiger partial charge < -0.3 is 0 Å². The minimum Gasteiger partial charge on any atom is -0.281 e. The lowest BCUT2D eigenvalue weighted by Gasteiger charge is -2.06. The Labute approximate surface area is 103 Å². The first-order valence-electron chi connectivity index (χ1n) is 3.93. The van der Waals surface area contributed by atoms with Crippen LogP contribution in [0, 0.1) is 11.6 Å². The molecule has 82 valence electrons. The molecule has 1 aromatic rings. The Morgan fingerprint density at radius 1 is 1.40 bits per heavy atom. The summed E-state index contributed by atoms with van der Waals surface area (Å²) in [7, 11) is 0. The highest BCUT2D eigenvalue weighted by Crippen LogP contribution is 2.29. The summed E-state index contributed by atoms with van der Waals surface area (Å²) in [6.45, 7) is 0. The quantitative estimate of drug-likeness (QED) is 0.466. The molecular formula is C9H5BrCl2F2O. The van der Waals surface area contributed by atoms with Gasteiger partial charge in [0.25, 0.3) is 0 Å². The molecule has 0 atom stereocenters. The van der Waals surface area contributed by atoms with Crippen LogP contribution in [0.4, 0.5) is 8.78 Å². The Morgan fingerprint density at radius 2 is 2.00 bits per heavy atom. The molecule has 0 N–H and O–H groups in total. The molecule has 0 unspecified atom stereocenters. The van der Waals surface area contributed by atoms with Crippen molar-refractivity contribution in [1.29, 1.82) is 0 Å². The topological polar surface area (TPSA) is 17.1 Å². The zero-order chi connectivity index (χ0) is 11.6. The first-order chi connectivity index (χ1) is 6.93. The van der Waals surface area contributed by atoms with Gasteiger partial charge in [-0.3, -0.25) is 4.79 Å². The van der Waals surface area contributed by atoms with E-state index in [4.69, 9.17) is 23.2 Å². The van der Waals surface area contributed by atoms with E-state index in [-0.39, 0.29) is 22.3 Å². The fourth-order valence-corrected chi connectivity index (χ4v) is 1.83. The molecule has 1 nitrogen and oxygen atoms in total. The predicted molar refractivity (Wildman–Crippen MR) is 58.2 cm³/mol. The number of hydrogen-bond donors (Lipinski definition) is 0. The van der Waals surface area contributed by atoms with Gasteiger partial charge in [0.2, 0.25) is 5.24 Å². The molecule has 0 amide bonds. The molecule has 1 aromatic carbocycles. The molecule has 6 heteroatoms. The second-order valence-electron chi connectivity index (χ2n) is 2.81. The van der Waals surface area contributed by atoms with Crippen molar-refractivity contribution in [3.8, 4) is 0 Å². The van der Waals surface area contributed by atoms with Gasteiger partial charge in [-0.15, -0.1) is 0 Å². The maximum absolute atomic E-state index is 13.2. The lowest BCUT2D eigenvalue weighted by molar-refractivity contribution is -0.111. The third-order valence-corrected chi connectivity index (χ3v) is 3.09. The van der Waals surface area contributed by atoms with Gasteiger partial charge in [-0.2, -0.15) is 0 Å². The Balaban J connectivity index is 3.04. The molecule has 0 radical (unpaired) electrons. The van der Waals surface area contributed by atoms with Crippen LogP contribution in [-0.2, 0) is 11.2 Å². The van der Waals surface area contributed by atoms with Crippen LogP contribution < -0.4 is 0 Å². The molecule has 0 spiro atoms. The normalized spacial score (nSPS) is 10.5. The lowest BCUT2D eigenvalue weighted by Crippen LogP contribution is -1.97. The number of rotatable bonds is 3. The van der Waals surface area contributed by atoms with Crippen LogP contribution in [0.5, 0.6) is 0 Å². The molecule has 0 fully saturated rings. The molecule has 1 rings (SSSR count). The summed E-state index contributed by atoms with van der Waals surface area (Å²) in [6.07, 6.45) is 0.251. The average molecular weight is 318 g/mol. The molecular weight excluding hydrogens is 313 g/mol. The van der Waals surface area contributed by atoms with Crippen molar-refractivity contribution in [3.63, 3.8) is 0 Å². The van der Waals surface area contributed by atoms with Crippen LogP contribution in [0.2, 0.25) is 5.02 Å². The molecule has 0 heterocycles. The predicted octanol–water partition coefficient (Wildman–Crippen LogP) is 4.08. The Morgan fingerprint density at radius 3 is 2.53 bits per heavy atom. The van der Waals surface area contributed by atoms with E-state index in [2.05, 4.69) is 15.9 Å². The molecule has 0 bridgehead atoms. The van der Waals surface area contributed by atoms with E-state index < -0.39 is 16.9 Å². The number of halogens is 5. The van der Waals surface area contributed by atoms with Gasteiger partial charge in [-0.25, -0.2) is 8.78 Å². The third-order valence-electron chi connectivity index (χ3n) is 1.77. The van der Waals surface area contributed by atoms with E-state index in [1.54, 1.807) is 0 Å². The third kappa shape index (κ3) is 3.13. The van der Waals surface area contributed by atoms with Gasteiger partial charge >= 0.3 is 0 Å².